The van der Waals surface area contributed by atoms with E-state index >= 15 is 0 Å². The summed E-state index contributed by atoms with van der Waals surface area (Å²) >= 11 is 5.83. The standard InChI is InChI=1S/C10H15ClN4O/c1-15-3-2-7(5-15)4-12-9-8(11)10(16)14-6-13-9/h6-7H,2-5H2,1H3,(H2,12,13,14,16). The molecule has 1 aromatic heterocycles. The Morgan fingerprint density at radius 3 is 3.25 bits per heavy atom. The molecule has 1 aliphatic heterocycles. The lowest BCUT2D eigenvalue weighted by Crippen LogP contribution is -2.20. The minimum absolute atomic E-state index is 0.133. The van der Waals surface area contributed by atoms with Crippen molar-refractivity contribution < 1.29 is 0 Å². The van der Waals surface area contributed by atoms with Crippen LogP contribution < -0.4 is 10.9 Å². The summed E-state index contributed by atoms with van der Waals surface area (Å²) in [6.07, 6.45) is 2.53. The number of aromatic nitrogens is 2. The summed E-state index contributed by atoms with van der Waals surface area (Å²) < 4.78 is 0. The van der Waals surface area contributed by atoms with Crippen molar-refractivity contribution >= 4 is 17.4 Å². The normalized spacial score (nSPS) is 21.2. The number of rotatable bonds is 3. The maximum Gasteiger partial charge on any atom is 0.271 e. The third-order valence-corrected chi connectivity index (χ3v) is 3.19. The molecule has 88 valence electrons. The molecule has 2 rings (SSSR count). The monoisotopic (exact) mass is 242 g/mol. The van der Waals surface area contributed by atoms with Crippen LogP contribution in [-0.2, 0) is 0 Å². The van der Waals surface area contributed by atoms with Crippen LogP contribution in [0.5, 0.6) is 0 Å². The number of H-pyrrole nitrogens is 1. The first kappa shape index (κ1) is 11.4. The molecule has 1 aliphatic rings. The van der Waals surface area contributed by atoms with Gasteiger partial charge in [0.2, 0.25) is 0 Å². The number of anilines is 1. The molecule has 0 radical (unpaired) electrons. The van der Waals surface area contributed by atoms with Gasteiger partial charge in [0.25, 0.3) is 5.56 Å². The average Bonchev–Trinajstić information content (AvgIpc) is 2.67. The summed E-state index contributed by atoms with van der Waals surface area (Å²) in [4.78, 5) is 19.9. The Bertz CT molecular complexity index is 420. The minimum Gasteiger partial charge on any atom is -0.368 e. The van der Waals surface area contributed by atoms with Gasteiger partial charge in [0, 0.05) is 13.1 Å². The van der Waals surface area contributed by atoms with Crippen molar-refractivity contribution in [1.82, 2.24) is 14.9 Å². The van der Waals surface area contributed by atoms with Crippen LogP contribution >= 0.6 is 11.6 Å². The lowest BCUT2D eigenvalue weighted by Gasteiger charge is -2.12. The third-order valence-electron chi connectivity index (χ3n) is 2.84. The topological polar surface area (TPSA) is 61.0 Å². The first-order valence-corrected chi connectivity index (χ1v) is 5.70. The maximum absolute atomic E-state index is 11.2. The fourth-order valence-corrected chi connectivity index (χ4v) is 2.11. The van der Waals surface area contributed by atoms with Crippen molar-refractivity contribution in [2.24, 2.45) is 5.92 Å². The molecule has 0 amide bonds. The Kier molecular flexibility index (Phi) is 3.46. The largest absolute Gasteiger partial charge is 0.368 e. The molecule has 1 aromatic rings. The zero-order valence-corrected chi connectivity index (χ0v) is 9.92. The molecular formula is C10H15ClN4O. The molecule has 1 fully saturated rings. The lowest BCUT2D eigenvalue weighted by atomic mass is 10.1. The SMILES string of the molecule is CN1CCC(CNc2nc[nH]c(=O)c2Cl)C1. The Labute approximate surface area is 98.8 Å². The summed E-state index contributed by atoms with van der Waals surface area (Å²) in [6, 6.07) is 0. The zero-order chi connectivity index (χ0) is 11.5. The van der Waals surface area contributed by atoms with E-state index in [1.54, 1.807) is 0 Å². The van der Waals surface area contributed by atoms with Gasteiger partial charge < -0.3 is 15.2 Å². The van der Waals surface area contributed by atoms with Gasteiger partial charge in [-0.15, -0.1) is 0 Å². The van der Waals surface area contributed by atoms with E-state index in [9.17, 15) is 4.79 Å². The predicted molar refractivity (Wildman–Crippen MR) is 64.0 cm³/mol. The second-order valence-corrected chi connectivity index (χ2v) is 4.57. The van der Waals surface area contributed by atoms with Gasteiger partial charge >= 0.3 is 0 Å². The second-order valence-electron chi connectivity index (χ2n) is 4.19. The average molecular weight is 243 g/mol. The number of nitrogens with one attached hydrogen (secondary N) is 2. The van der Waals surface area contributed by atoms with Crippen molar-refractivity contribution in [3.8, 4) is 0 Å². The molecular weight excluding hydrogens is 228 g/mol. The molecule has 0 bridgehead atoms. The van der Waals surface area contributed by atoms with Crippen molar-refractivity contribution in [2.45, 2.75) is 6.42 Å². The van der Waals surface area contributed by atoms with Crippen LogP contribution in [0.25, 0.3) is 0 Å². The molecule has 1 saturated heterocycles. The van der Waals surface area contributed by atoms with Gasteiger partial charge in [0.1, 0.15) is 5.02 Å². The first-order valence-electron chi connectivity index (χ1n) is 5.32. The molecule has 0 saturated carbocycles. The first-order chi connectivity index (χ1) is 7.66. The van der Waals surface area contributed by atoms with E-state index in [0.717, 1.165) is 19.6 Å². The highest BCUT2D eigenvalue weighted by Gasteiger charge is 2.19. The molecule has 0 aromatic carbocycles. The van der Waals surface area contributed by atoms with E-state index in [1.165, 1.54) is 12.7 Å². The Balaban J connectivity index is 1.95. The minimum atomic E-state index is -0.303. The van der Waals surface area contributed by atoms with Gasteiger partial charge in [-0.25, -0.2) is 4.98 Å². The molecule has 5 nitrogen and oxygen atoms in total. The van der Waals surface area contributed by atoms with E-state index in [2.05, 4.69) is 27.2 Å². The number of hydrogen-bond acceptors (Lipinski definition) is 4. The summed E-state index contributed by atoms with van der Waals surface area (Å²) in [7, 11) is 2.11. The summed E-state index contributed by atoms with van der Waals surface area (Å²) in [5.41, 5.74) is -0.303. The van der Waals surface area contributed by atoms with Crippen molar-refractivity contribution in [3.63, 3.8) is 0 Å². The maximum atomic E-state index is 11.2. The van der Waals surface area contributed by atoms with Gasteiger partial charge in [0.05, 0.1) is 6.33 Å². The van der Waals surface area contributed by atoms with Crippen molar-refractivity contribution in [2.75, 3.05) is 32.0 Å². The third kappa shape index (κ3) is 2.54. The quantitative estimate of drug-likeness (QED) is 0.823. The molecule has 0 aliphatic carbocycles. The highest BCUT2D eigenvalue weighted by molar-refractivity contribution is 6.32. The molecule has 16 heavy (non-hydrogen) atoms. The van der Waals surface area contributed by atoms with E-state index in [1.807, 2.05) is 0 Å². The van der Waals surface area contributed by atoms with Crippen LogP contribution in [0.15, 0.2) is 11.1 Å². The predicted octanol–water partition coefficient (Wildman–Crippen LogP) is 0.787. The van der Waals surface area contributed by atoms with E-state index in [0.29, 0.717) is 11.7 Å². The van der Waals surface area contributed by atoms with Crippen LogP contribution in [0.4, 0.5) is 5.82 Å². The molecule has 1 atom stereocenters. The van der Waals surface area contributed by atoms with Gasteiger partial charge in [-0.2, -0.15) is 0 Å². The van der Waals surface area contributed by atoms with Gasteiger partial charge in [-0.1, -0.05) is 11.6 Å². The highest BCUT2D eigenvalue weighted by atomic mass is 35.5. The second kappa shape index (κ2) is 4.84. The molecule has 2 heterocycles. The van der Waals surface area contributed by atoms with Crippen LogP contribution in [0.2, 0.25) is 5.02 Å². The zero-order valence-electron chi connectivity index (χ0n) is 9.16. The van der Waals surface area contributed by atoms with Gasteiger partial charge in [-0.05, 0) is 25.9 Å². The fourth-order valence-electron chi connectivity index (χ4n) is 1.94. The summed E-state index contributed by atoms with van der Waals surface area (Å²) in [5.74, 6) is 1.07. The summed E-state index contributed by atoms with van der Waals surface area (Å²) in [5, 5.41) is 3.26. The summed E-state index contributed by atoms with van der Waals surface area (Å²) in [6.45, 7) is 3.01. The number of likely N-dealkylation sites (tertiary alicyclic amines) is 1. The Morgan fingerprint density at radius 2 is 2.56 bits per heavy atom. The van der Waals surface area contributed by atoms with Crippen molar-refractivity contribution in [3.05, 3.63) is 21.7 Å². The highest BCUT2D eigenvalue weighted by Crippen LogP contribution is 2.17. The van der Waals surface area contributed by atoms with Crippen LogP contribution in [-0.4, -0.2) is 41.5 Å². The van der Waals surface area contributed by atoms with Crippen LogP contribution in [0, 0.1) is 5.92 Å². The number of halogens is 1. The number of nitrogens with zero attached hydrogens (tertiary/aromatic N) is 2. The molecule has 0 spiro atoms. The smallest absolute Gasteiger partial charge is 0.271 e. The van der Waals surface area contributed by atoms with Gasteiger partial charge in [0.15, 0.2) is 5.82 Å². The van der Waals surface area contributed by atoms with E-state index in [-0.39, 0.29) is 10.6 Å². The van der Waals surface area contributed by atoms with Gasteiger partial charge in [-0.3, -0.25) is 4.79 Å². The number of aromatic amines is 1. The Hall–Kier alpha value is -1.07. The van der Waals surface area contributed by atoms with E-state index in [4.69, 9.17) is 11.6 Å². The van der Waals surface area contributed by atoms with E-state index < -0.39 is 0 Å². The lowest BCUT2D eigenvalue weighted by molar-refractivity contribution is 0.399. The fraction of sp³-hybridized carbons (Fsp3) is 0.600. The molecule has 2 N–H and O–H groups in total. The van der Waals surface area contributed by atoms with Crippen molar-refractivity contribution in [1.29, 1.82) is 0 Å². The Morgan fingerprint density at radius 1 is 1.75 bits per heavy atom. The van der Waals surface area contributed by atoms with Crippen LogP contribution in [0.3, 0.4) is 0 Å². The van der Waals surface area contributed by atoms with Crippen LogP contribution in [0.1, 0.15) is 6.42 Å². The molecule has 1 unspecified atom stereocenters. The molecule has 6 heteroatoms. The number of hydrogen-bond donors (Lipinski definition) is 2.